The topological polar surface area (TPSA) is 70.6 Å². The van der Waals surface area contributed by atoms with Crippen molar-refractivity contribution in [3.8, 4) is 5.75 Å². The van der Waals surface area contributed by atoms with Crippen LogP contribution in [0.15, 0.2) is 41.4 Å². The van der Waals surface area contributed by atoms with Gasteiger partial charge in [0, 0.05) is 17.3 Å². The molecule has 0 radical (unpaired) electrons. The first kappa shape index (κ1) is 19.0. The Morgan fingerprint density at radius 2 is 1.64 bits per heavy atom. The van der Waals surface area contributed by atoms with Gasteiger partial charge >= 0.3 is 0 Å². The Labute approximate surface area is 150 Å². The first-order valence-corrected chi connectivity index (χ1v) is 8.51. The molecule has 0 aliphatic rings. The maximum Gasteiger partial charge on any atom is 0.128 e. The fourth-order valence-corrected chi connectivity index (χ4v) is 2.61. The average Bonchev–Trinajstić information content (AvgIpc) is 2.51. The summed E-state index contributed by atoms with van der Waals surface area (Å²) in [6, 6.07) is 11.6. The fourth-order valence-electron chi connectivity index (χ4n) is 2.61. The second-order valence-electron chi connectivity index (χ2n) is 8.38. The van der Waals surface area contributed by atoms with E-state index in [1.807, 2.05) is 30.3 Å². The average molecular weight is 339 g/mol. The van der Waals surface area contributed by atoms with E-state index in [-0.39, 0.29) is 16.6 Å². The molecular weight excluding hydrogens is 310 g/mol. The van der Waals surface area contributed by atoms with E-state index in [9.17, 15) is 5.11 Å². The zero-order valence-corrected chi connectivity index (χ0v) is 16.0. The van der Waals surface area contributed by atoms with E-state index in [1.165, 1.54) is 5.56 Å². The normalized spacial score (nSPS) is 12.6. The van der Waals surface area contributed by atoms with Gasteiger partial charge in [-0.05, 0) is 34.6 Å². The minimum absolute atomic E-state index is 0.0208. The SMILES string of the molecule is CC(C)(C)c1cc(C=Nc2ccccc2NN)c(O)c(C(C)(C)C)c1. The third kappa shape index (κ3) is 4.40. The van der Waals surface area contributed by atoms with Crippen LogP contribution in [0.2, 0.25) is 0 Å². The molecular formula is C21H29N3O. The molecule has 4 nitrogen and oxygen atoms in total. The molecule has 0 heterocycles. The molecule has 4 heteroatoms. The van der Waals surface area contributed by atoms with Crippen molar-refractivity contribution in [2.75, 3.05) is 5.43 Å². The van der Waals surface area contributed by atoms with Gasteiger partial charge < -0.3 is 10.5 Å². The lowest BCUT2D eigenvalue weighted by Crippen LogP contribution is -2.17. The second kappa shape index (κ2) is 6.89. The lowest BCUT2D eigenvalue weighted by Gasteiger charge is -2.27. The summed E-state index contributed by atoms with van der Waals surface area (Å²) in [4.78, 5) is 4.53. The molecule has 0 unspecified atom stereocenters. The Kier molecular flexibility index (Phi) is 5.23. The number of hydrogen-bond donors (Lipinski definition) is 3. The summed E-state index contributed by atoms with van der Waals surface area (Å²) in [6.45, 7) is 12.8. The van der Waals surface area contributed by atoms with Crippen molar-refractivity contribution in [3.63, 3.8) is 0 Å². The highest BCUT2D eigenvalue weighted by Gasteiger charge is 2.24. The van der Waals surface area contributed by atoms with E-state index >= 15 is 0 Å². The van der Waals surface area contributed by atoms with Crippen molar-refractivity contribution < 1.29 is 5.11 Å². The van der Waals surface area contributed by atoms with Crippen LogP contribution < -0.4 is 11.3 Å². The highest BCUT2D eigenvalue weighted by Crippen LogP contribution is 2.37. The molecule has 0 spiro atoms. The van der Waals surface area contributed by atoms with Gasteiger partial charge in [-0.15, -0.1) is 0 Å². The number of aliphatic imine (C=N–C) groups is 1. The van der Waals surface area contributed by atoms with Crippen LogP contribution in [0.5, 0.6) is 5.75 Å². The van der Waals surface area contributed by atoms with Crippen LogP contribution in [0.4, 0.5) is 11.4 Å². The van der Waals surface area contributed by atoms with Gasteiger partial charge in [0.05, 0.1) is 11.4 Å². The number of nitrogens with zero attached hydrogens (tertiary/aromatic N) is 1. The zero-order valence-electron chi connectivity index (χ0n) is 16.0. The molecule has 2 rings (SSSR count). The van der Waals surface area contributed by atoms with Crippen molar-refractivity contribution in [2.24, 2.45) is 10.8 Å². The molecule has 2 aromatic carbocycles. The molecule has 2 aromatic rings. The van der Waals surface area contributed by atoms with Crippen LogP contribution in [0.1, 0.15) is 58.2 Å². The van der Waals surface area contributed by atoms with Gasteiger partial charge in [0.2, 0.25) is 0 Å². The Morgan fingerprint density at radius 1 is 1.00 bits per heavy atom. The Morgan fingerprint density at radius 3 is 2.20 bits per heavy atom. The lowest BCUT2D eigenvalue weighted by molar-refractivity contribution is 0.444. The van der Waals surface area contributed by atoms with Gasteiger partial charge in [-0.25, -0.2) is 0 Å². The van der Waals surface area contributed by atoms with Crippen molar-refractivity contribution in [1.82, 2.24) is 0 Å². The van der Waals surface area contributed by atoms with E-state index in [1.54, 1.807) is 6.21 Å². The van der Waals surface area contributed by atoms with Crippen LogP contribution in [0.3, 0.4) is 0 Å². The summed E-state index contributed by atoms with van der Waals surface area (Å²) in [5.41, 5.74) is 6.72. The molecule has 0 bridgehead atoms. The fraction of sp³-hybridized carbons (Fsp3) is 0.381. The molecule has 4 N–H and O–H groups in total. The van der Waals surface area contributed by atoms with Gasteiger partial charge in [0.1, 0.15) is 5.75 Å². The van der Waals surface area contributed by atoms with Gasteiger partial charge in [0.25, 0.3) is 0 Å². The van der Waals surface area contributed by atoms with Crippen molar-refractivity contribution in [2.45, 2.75) is 52.4 Å². The van der Waals surface area contributed by atoms with Gasteiger partial charge in [-0.3, -0.25) is 10.8 Å². The van der Waals surface area contributed by atoms with E-state index in [2.05, 4.69) is 58.0 Å². The quantitative estimate of drug-likeness (QED) is 0.417. The molecule has 0 saturated heterocycles. The number of anilines is 1. The molecule has 0 aliphatic carbocycles. The smallest absolute Gasteiger partial charge is 0.128 e. The van der Waals surface area contributed by atoms with Crippen LogP contribution in [0.25, 0.3) is 0 Å². The Bertz CT molecular complexity index is 781. The Hall–Kier alpha value is -2.33. The number of nitrogens with one attached hydrogen (secondary N) is 1. The van der Waals surface area contributed by atoms with E-state index in [4.69, 9.17) is 5.84 Å². The second-order valence-corrected chi connectivity index (χ2v) is 8.38. The number of phenols is 1. The number of nitrogen functional groups attached to an aromatic ring is 1. The van der Waals surface area contributed by atoms with E-state index in [0.717, 1.165) is 16.9 Å². The standard InChI is InChI=1S/C21H29N3O/c1-20(2,3)15-11-14(19(25)16(12-15)21(4,5)6)13-23-17-9-7-8-10-18(17)24-22/h7-13,24-25H,22H2,1-6H3. The number of hydrogen-bond acceptors (Lipinski definition) is 4. The maximum absolute atomic E-state index is 10.8. The van der Waals surface area contributed by atoms with Crippen LogP contribution >= 0.6 is 0 Å². The van der Waals surface area contributed by atoms with Gasteiger partial charge in [-0.2, -0.15) is 0 Å². The first-order chi connectivity index (χ1) is 11.5. The minimum Gasteiger partial charge on any atom is -0.507 e. The highest BCUT2D eigenvalue weighted by molar-refractivity contribution is 5.88. The third-order valence-corrected chi connectivity index (χ3v) is 4.22. The number of benzene rings is 2. The summed E-state index contributed by atoms with van der Waals surface area (Å²) in [7, 11) is 0. The number of rotatable bonds is 3. The highest BCUT2D eigenvalue weighted by atomic mass is 16.3. The molecule has 0 aliphatic heterocycles. The largest absolute Gasteiger partial charge is 0.507 e. The summed E-state index contributed by atoms with van der Waals surface area (Å²) in [5.74, 6) is 5.82. The molecule has 134 valence electrons. The Balaban J connectivity index is 2.58. The predicted molar refractivity (Wildman–Crippen MR) is 107 cm³/mol. The number of phenolic OH excluding ortho intramolecular Hbond substituents is 1. The number of hydrazine groups is 1. The molecule has 0 saturated carbocycles. The first-order valence-electron chi connectivity index (χ1n) is 8.51. The van der Waals surface area contributed by atoms with Crippen molar-refractivity contribution in [1.29, 1.82) is 0 Å². The number of nitrogens with two attached hydrogens (primary N) is 1. The molecule has 0 fully saturated rings. The van der Waals surface area contributed by atoms with Gasteiger partial charge in [0.15, 0.2) is 0 Å². The van der Waals surface area contributed by atoms with E-state index < -0.39 is 0 Å². The van der Waals surface area contributed by atoms with Crippen molar-refractivity contribution >= 4 is 17.6 Å². The molecule has 25 heavy (non-hydrogen) atoms. The molecule has 0 atom stereocenters. The summed E-state index contributed by atoms with van der Waals surface area (Å²) in [6.07, 6.45) is 1.70. The number of aromatic hydroxyl groups is 1. The van der Waals surface area contributed by atoms with Crippen LogP contribution in [-0.4, -0.2) is 11.3 Å². The maximum atomic E-state index is 10.8. The van der Waals surface area contributed by atoms with Crippen LogP contribution in [-0.2, 0) is 10.8 Å². The van der Waals surface area contributed by atoms with Crippen LogP contribution in [0, 0.1) is 0 Å². The minimum atomic E-state index is -0.162. The third-order valence-electron chi connectivity index (χ3n) is 4.22. The predicted octanol–water partition coefficient (Wildman–Crippen LogP) is 5.02. The lowest BCUT2D eigenvalue weighted by atomic mass is 9.79. The van der Waals surface area contributed by atoms with Gasteiger partial charge in [-0.1, -0.05) is 59.7 Å². The summed E-state index contributed by atoms with van der Waals surface area (Å²) >= 11 is 0. The van der Waals surface area contributed by atoms with E-state index in [0.29, 0.717) is 5.56 Å². The zero-order chi connectivity index (χ0) is 18.8. The molecule has 0 aromatic heterocycles. The monoisotopic (exact) mass is 339 g/mol. The van der Waals surface area contributed by atoms with Crippen molar-refractivity contribution in [3.05, 3.63) is 53.1 Å². The summed E-state index contributed by atoms with van der Waals surface area (Å²) < 4.78 is 0. The molecule has 0 amide bonds. The summed E-state index contributed by atoms with van der Waals surface area (Å²) in [5, 5.41) is 10.8. The number of para-hydroxylation sites is 2.